The molecular weight excluding hydrogens is 230 g/mol. The summed E-state index contributed by atoms with van der Waals surface area (Å²) in [6.07, 6.45) is -0.453. The molecule has 5 heteroatoms. The van der Waals surface area contributed by atoms with E-state index in [-0.39, 0.29) is 18.1 Å². The second kappa shape index (κ2) is 4.68. The second-order valence-electron chi connectivity index (χ2n) is 4.91. The highest BCUT2D eigenvalue weighted by molar-refractivity contribution is 5.94. The average molecular weight is 247 g/mol. The van der Waals surface area contributed by atoms with Crippen LogP contribution in [0.2, 0.25) is 0 Å². The fourth-order valence-corrected chi connectivity index (χ4v) is 1.83. The van der Waals surface area contributed by atoms with Gasteiger partial charge >= 0.3 is 6.09 Å². The van der Waals surface area contributed by atoms with Crippen molar-refractivity contribution in [1.29, 1.82) is 0 Å². The first-order chi connectivity index (χ1) is 8.48. The monoisotopic (exact) mass is 247 g/mol. The van der Waals surface area contributed by atoms with E-state index >= 15 is 0 Å². The van der Waals surface area contributed by atoms with Crippen molar-refractivity contribution in [2.45, 2.75) is 26.0 Å². The summed E-state index contributed by atoms with van der Waals surface area (Å²) in [7, 11) is 0. The SMILES string of the molecule is CC1(C)CN(C(=O)OCc2ccccc2)C(N)=N1. The maximum Gasteiger partial charge on any atom is 0.417 e. The first-order valence-electron chi connectivity index (χ1n) is 5.81. The van der Waals surface area contributed by atoms with Crippen LogP contribution in [0.4, 0.5) is 4.79 Å². The molecule has 0 radical (unpaired) electrons. The number of hydrogen-bond acceptors (Lipinski definition) is 4. The Morgan fingerprint density at radius 1 is 1.44 bits per heavy atom. The van der Waals surface area contributed by atoms with Gasteiger partial charge in [0.05, 0.1) is 12.1 Å². The van der Waals surface area contributed by atoms with Crippen LogP contribution in [0.1, 0.15) is 19.4 Å². The van der Waals surface area contributed by atoms with Gasteiger partial charge in [0.2, 0.25) is 5.96 Å². The highest BCUT2D eigenvalue weighted by atomic mass is 16.6. The maximum absolute atomic E-state index is 11.9. The molecule has 1 heterocycles. The van der Waals surface area contributed by atoms with Gasteiger partial charge in [-0.25, -0.2) is 14.7 Å². The molecule has 0 spiro atoms. The van der Waals surface area contributed by atoms with Crippen LogP contribution in [0, 0.1) is 0 Å². The third-order valence-corrected chi connectivity index (χ3v) is 2.66. The minimum Gasteiger partial charge on any atom is -0.444 e. The number of amides is 1. The molecule has 0 atom stereocenters. The van der Waals surface area contributed by atoms with Gasteiger partial charge in [-0.2, -0.15) is 0 Å². The van der Waals surface area contributed by atoms with Crippen molar-refractivity contribution >= 4 is 12.1 Å². The molecule has 2 N–H and O–H groups in total. The molecule has 1 aliphatic rings. The molecule has 0 fully saturated rings. The van der Waals surface area contributed by atoms with Crippen LogP contribution >= 0.6 is 0 Å². The normalized spacial score (nSPS) is 17.4. The summed E-state index contributed by atoms with van der Waals surface area (Å²) in [6, 6.07) is 9.52. The summed E-state index contributed by atoms with van der Waals surface area (Å²) < 4.78 is 5.20. The van der Waals surface area contributed by atoms with Gasteiger partial charge < -0.3 is 10.5 Å². The number of ether oxygens (including phenoxy) is 1. The molecule has 1 aliphatic heterocycles. The zero-order chi connectivity index (χ0) is 13.2. The number of benzene rings is 1. The number of nitrogens with two attached hydrogens (primary N) is 1. The summed E-state index contributed by atoms with van der Waals surface area (Å²) in [5.74, 6) is 0.220. The van der Waals surface area contributed by atoms with Crippen LogP contribution < -0.4 is 5.73 Å². The largest absolute Gasteiger partial charge is 0.444 e. The number of carbonyl (C=O) groups is 1. The number of aliphatic imine (C=N–C) groups is 1. The summed E-state index contributed by atoms with van der Waals surface area (Å²) >= 11 is 0. The van der Waals surface area contributed by atoms with Crippen molar-refractivity contribution in [1.82, 2.24) is 4.90 Å². The van der Waals surface area contributed by atoms with E-state index in [9.17, 15) is 4.79 Å². The van der Waals surface area contributed by atoms with E-state index in [4.69, 9.17) is 10.5 Å². The van der Waals surface area contributed by atoms with Crippen LogP contribution in [0.25, 0.3) is 0 Å². The number of carbonyl (C=O) groups excluding carboxylic acids is 1. The Hall–Kier alpha value is -2.04. The molecule has 5 nitrogen and oxygen atoms in total. The van der Waals surface area contributed by atoms with E-state index < -0.39 is 6.09 Å². The summed E-state index contributed by atoms with van der Waals surface area (Å²) in [5.41, 5.74) is 6.31. The van der Waals surface area contributed by atoms with E-state index in [0.29, 0.717) is 6.54 Å². The summed E-state index contributed by atoms with van der Waals surface area (Å²) in [5, 5.41) is 0. The van der Waals surface area contributed by atoms with Crippen LogP contribution in [-0.2, 0) is 11.3 Å². The smallest absolute Gasteiger partial charge is 0.417 e. The summed E-state index contributed by atoms with van der Waals surface area (Å²) in [4.78, 5) is 17.4. The highest BCUT2D eigenvalue weighted by Crippen LogP contribution is 2.19. The zero-order valence-electron chi connectivity index (χ0n) is 10.6. The van der Waals surface area contributed by atoms with Gasteiger partial charge in [-0.15, -0.1) is 0 Å². The number of nitrogens with zero attached hydrogens (tertiary/aromatic N) is 2. The van der Waals surface area contributed by atoms with E-state index in [1.165, 1.54) is 4.90 Å². The number of hydrogen-bond donors (Lipinski definition) is 1. The van der Waals surface area contributed by atoms with Crippen molar-refractivity contribution < 1.29 is 9.53 Å². The van der Waals surface area contributed by atoms with Crippen LogP contribution in [0.15, 0.2) is 35.3 Å². The standard InChI is InChI=1S/C13H17N3O2/c1-13(2)9-16(11(14)15-13)12(17)18-8-10-6-4-3-5-7-10/h3-7H,8-9H2,1-2H3,(H2,14,15). The highest BCUT2D eigenvalue weighted by Gasteiger charge is 2.34. The Kier molecular flexibility index (Phi) is 3.23. The number of rotatable bonds is 2. The predicted octanol–water partition coefficient (Wildman–Crippen LogP) is 1.73. The van der Waals surface area contributed by atoms with E-state index in [2.05, 4.69) is 4.99 Å². The third kappa shape index (κ3) is 2.80. The van der Waals surface area contributed by atoms with Gasteiger partial charge in [0.15, 0.2) is 0 Å². The fourth-order valence-electron chi connectivity index (χ4n) is 1.83. The Labute approximate surface area is 106 Å². The number of guanidine groups is 1. The lowest BCUT2D eigenvalue weighted by molar-refractivity contribution is 0.115. The molecule has 0 unspecified atom stereocenters. The van der Waals surface area contributed by atoms with Gasteiger partial charge in [0.25, 0.3) is 0 Å². The van der Waals surface area contributed by atoms with E-state index in [0.717, 1.165) is 5.56 Å². The van der Waals surface area contributed by atoms with Crippen LogP contribution in [0.5, 0.6) is 0 Å². The second-order valence-corrected chi connectivity index (χ2v) is 4.91. The van der Waals surface area contributed by atoms with Crippen molar-refractivity contribution in [2.75, 3.05) is 6.54 Å². The quantitative estimate of drug-likeness (QED) is 0.865. The van der Waals surface area contributed by atoms with Crippen molar-refractivity contribution in [3.05, 3.63) is 35.9 Å². The Morgan fingerprint density at radius 3 is 2.67 bits per heavy atom. The minimum absolute atomic E-state index is 0.220. The van der Waals surface area contributed by atoms with Gasteiger partial charge in [-0.3, -0.25) is 0 Å². The van der Waals surface area contributed by atoms with Crippen molar-refractivity contribution in [3.8, 4) is 0 Å². The first-order valence-corrected chi connectivity index (χ1v) is 5.81. The van der Waals surface area contributed by atoms with Gasteiger partial charge in [0.1, 0.15) is 6.61 Å². The Balaban J connectivity index is 1.92. The topological polar surface area (TPSA) is 67.9 Å². The average Bonchev–Trinajstić information content (AvgIpc) is 2.61. The van der Waals surface area contributed by atoms with Crippen LogP contribution in [-0.4, -0.2) is 29.0 Å². The lowest BCUT2D eigenvalue weighted by Gasteiger charge is -2.18. The summed E-state index contributed by atoms with van der Waals surface area (Å²) in [6.45, 7) is 4.53. The molecule has 0 saturated heterocycles. The van der Waals surface area contributed by atoms with E-state index in [1.54, 1.807) is 0 Å². The maximum atomic E-state index is 11.9. The molecule has 0 aromatic heterocycles. The van der Waals surface area contributed by atoms with Crippen molar-refractivity contribution in [2.24, 2.45) is 10.7 Å². The lowest BCUT2D eigenvalue weighted by atomic mass is 10.1. The molecular formula is C13H17N3O2. The Bertz CT molecular complexity index is 468. The molecule has 0 aliphatic carbocycles. The molecule has 1 aromatic rings. The fraction of sp³-hybridized carbons (Fsp3) is 0.385. The van der Waals surface area contributed by atoms with Crippen LogP contribution in [0.3, 0.4) is 0 Å². The Morgan fingerprint density at radius 2 is 2.11 bits per heavy atom. The first kappa shape index (κ1) is 12.4. The van der Waals surface area contributed by atoms with Gasteiger partial charge in [0, 0.05) is 0 Å². The predicted molar refractivity (Wildman–Crippen MR) is 69.0 cm³/mol. The van der Waals surface area contributed by atoms with Crippen molar-refractivity contribution in [3.63, 3.8) is 0 Å². The molecule has 0 saturated carbocycles. The lowest BCUT2D eigenvalue weighted by Crippen LogP contribution is -2.41. The van der Waals surface area contributed by atoms with Gasteiger partial charge in [-0.05, 0) is 19.4 Å². The molecule has 1 aromatic carbocycles. The third-order valence-electron chi connectivity index (χ3n) is 2.66. The zero-order valence-corrected chi connectivity index (χ0v) is 10.6. The molecule has 2 rings (SSSR count). The van der Waals surface area contributed by atoms with Gasteiger partial charge in [-0.1, -0.05) is 30.3 Å². The molecule has 0 bridgehead atoms. The van der Waals surface area contributed by atoms with E-state index in [1.807, 2.05) is 44.2 Å². The molecule has 1 amide bonds. The molecule has 96 valence electrons. The molecule has 18 heavy (non-hydrogen) atoms. The minimum atomic E-state index is -0.453.